The Kier molecular flexibility index (Phi) is 6.26. The molecule has 1 heterocycles. The van der Waals surface area contributed by atoms with Crippen molar-refractivity contribution < 1.29 is 13.2 Å². The van der Waals surface area contributed by atoms with Gasteiger partial charge >= 0.3 is 10.0 Å². The molecule has 3 rings (SSSR count). The van der Waals surface area contributed by atoms with Crippen LogP contribution in [0.3, 0.4) is 0 Å². The van der Waals surface area contributed by atoms with E-state index >= 15 is 0 Å². The number of sulfonamides is 1. The molecule has 0 saturated carbocycles. The van der Waals surface area contributed by atoms with E-state index in [1.165, 1.54) is 0 Å². The van der Waals surface area contributed by atoms with E-state index < -0.39 is 26.4 Å². The van der Waals surface area contributed by atoms with Crippen molar-refractivity contribution in [2.24, 2.45) is 5.73 Å². The second-order valence-corrected chi connectivity index (χ2v) is 9.73. The smallest absolute Gasteiger partial charge is 0.332 e. The minimum atomic E-state index is -4.11. The van der Waals surface area contributed by atoms with Gasteiger partial charge in [-0.15, -0.1) is 0 Å². The van der Waals surface area contributed by atoms with Crippen LogP contribution in [0.15, 0.2) is 71.9 Å². The monoisotopic (exact) mass is 444 g/mol. The molecule has 0 aliphatic heterocycles. The van der Waals surface area contributed by atoms with Gasteiger partial charge in [0.25, 0.3) is 5.91 Å². The molecule has 2 N–H and O–H groups in total. The summed E-state index contributed by atoms with van der Waals surface area (Å²) >= 11 is 6.35. The Labute approximate surface area is 181 Å². The van der Waals surface area contributed by atoms with Gasteiger partial charge in [-0.2, -0.15) is 12.3 Å². The van der Waals surface area contributed by atoms with E-state index in [1.54, 1.807) is 73.9 Å². The topological polar surface area (TPSA) is 90.1 Å². The van der Waals surface area contributed by atoms with Crippen molar-refractivity contribution in [2.75, 3.05) is 6.54 Å². The molecule has 0 aliphatic carbocycles. The Morgan fingerprint density at radius 1 is 1.03 bits per heavy atom. The molecule has 0 spiro atoms. The van der Waals surface area contributed by atoms with Crippen molar-refractivity contribution in [3.63, 3.8) is 0 Å². The molecule has 6 nitrogen and oxygen atoms in total. The minimum absolute atomic E-state index is 0.0111. The number of nitrogens with two attached hydrogens (primary N) is 1. The van der Waals surface area contributed by atoms with Crippen molar-refractivity contribution in [1.29, 1.82) is 0 Å². The third-order valence-electron chi connectivity index (χ3n) is 5.06. The zero-order valence-corrected chi connectivity index (χ0v) is 18.3. The van der Waals surface area contributed by atoms with Crippen molar-refractivity contribution >= 4 is 33.2 Å². The van der Waals surface area contributed by atoms with Crippen molar-refractivity contribution in [3.8, 4) is 0 Å². The standard InChI is InChI=1S/C22H22ClN3O3S/c1-16-6-8-19(9-7-16)30(28,29)26(15-22(24)27,14-18-10-12-25-13-11-18)21-5-3-4-20(23)17(21)2/h3-13H,14-15H2,1-2H3,(H-,24,27)/p+1. The molecule has 1 aromatic heterocycles. The Balaban J connectivity index is 2.36. The number of rotatable bonds is 7. The van der Waals surface area contributed by atoms with Crippen molar-refractivity contribution in [2.45, 2.75) is 25.3 Å². The molecule has 0 saturated heterocycles. The van der Waals surface area contributed by atoms with Gasteiger partial charge in [0.2, 0.25) is 0 Å². The van der Waals surface area contributed by atoms with Gasteiger partial charge in [0.1, 0.15) is 11.4 Å². The molecule has 0 aliphatic rings. The number of aryl methyl sites for hydroxylation is 1. The van der Waals surface area contributed by atoms with Crippen LogP contribution in [0.2, 0.25) is 5.02 Å². The van der Waals surface area contributed by atoms with Crippen LogP contribution in [0.1, 0.15) is 16.7 Å². The maximum atomic E-state index is 14.1. The Morgan fingerprint density at radius 2 is 1.67 bits per heavy atom. The second-order valence-electron chi connectivity index (χ2n) is 7.20. The van der Waals surface area contributed by atoms with Crippen molar-refractivity contribution in [1.82, 2.24) is 8.87 Å². The number of hydrogen-bond donors (Lipinski definition) is 1. The predicted molar refractivity (Wildman–Crippen MR) is 118 cm³/mol. The molecule has 0 bridgehead atoms. The van der Waals surface area contributed by atoms with Gasteiger partial charge in [0, 0.05) is 34.6 Å². The fraction of sp³-hybridized carbons (Fsp3) is 0.182. The fourth-order valence-electron chi connectivity index (χ4n) is 3.51. The first-order valence-electron chi connectivity index (χ1n) is 9.29. The molecular weight excluding hydrogens is 422 g/mol. The molecule has 1 atom stereocenters. The normalized spacial score (nSPS) is 13.6. The first-order chi connectivity index (χ1) is 14.2. The molecule has 3 aromatic rings. The number of carbonyl (C=O) groups excluding carboxylic acids is 1. The van der Waals surface area contributed by atoms with Crippen LogP contribution in [0.5, 0.6) is 0 Å². The number of benzene rings is 2. The zero-order chi connectivity index (χ0) is 21.9. The predicted octanol–water partition coefficient (Wildman–Crippen LogP) is 3.73. The van der Waals surface area contributed by atoms with Crippen LogP contribution in [0.25, 0.3) is 0 Å². The van der Waals surface area contributed by atoms with E-state index in [0.29, 0.717) is 21.8 Å². The summed E-state index contributed by atoms with van der Waals surface area (Å²) in [4.78, 5) is 16.3. The average molecular weight is 445 g/mol. The zero-order valence-electron chi connectivity index (χ0n) is 16.7. The summed E-state index contributed by atoms with van der Waals surface area (Å²) in [6.07, 6.45) is 3.16. The van der Waals surface area contributed by atoms with E-state index in [1.807, 2.05) is 6.92 Å². The van der Waals surface area contributed by atoms with Gasteiger partial charge in [0.05, 0.1) is 0 Å². The van der Waals surface area contributed by atoms with Gasteiger partial charge in [-0.25, -0.2) is 0 Å². The third kappa shape index (κ3) is 4.09. The largest absolute Gasteiger partial charge is 0.365 e. The van der Waals surface area contributed by atoms with Gasteiger partial charge in [0.15, 0.2) is 12.2 Å². The van der Waals surface area contributed by atoms with E-state index in [4.69, 9.17) is 17.3 Å². The molecular formula is C22H23ClN3O3S+. The highest BCUT2D eigenvalue weighted by Crippen LogP contribution is 2.39. The van der Waals surface area contributed by atoms with Gasteiger partial charge < -0.3 is 5.73 Å². The number of pyridine rings is 1. The summed E-state index contributed by atoms with van der Waals surface area (Å²) < 4.78 is 27.4. The van der Waals surface area contributed by atoms with Crippen LogP contribution in [0.4, 0.5) is 5.69 Å². The highest BCUT2D eigenvalue weighted by atomic mass is 35.5. The van der Waals surface area contributed by atoms with Gasteiger partial charge in [-0.1, -0.05) is 35.4 Å². The van der Waals surface area contributed by atoms with E-state index in [0.717, 1.165) is 5.56 Å². The van der Waals surface area contributed by atoms with E-state index in [9.17, 15) is 13.2 Å². The van der Waals surface area contributed by atoms with Crippen LogP contribution in [-0.2, 0) is 21.4 Å². The van der Waals surface area contributed by atoms with Gasteiger partial charge in [-0.05, 0) is 44.2 Å². The molecule has 0 fully saturated rings. The van der Waals surface area contributed by atoms with Crippen LogP contribution in [-0.4, -0.2) is 25.9 Å². The first-order valence-corrected chi connectivity index (χ1v) is 11.1. The van der Waals surface area contributed by atoms with Crippen LogP contribution < -0.4 is 9.62 Å². The lowest BCUT2D eigenvalue weighted by Crippen LogP contribution is -2.57. The molecule has 0 radical (unpaired) electrons. The van der Waals surface area contributed by atoms with Gasteiger partial charge in [-0.3, -0.25) is 9.78 Å². The lowest BCUT2D eigenvalue weighted by molar-refractivity contribution is -0.118. The van der Waals surface area contributed by atoms with E-state index in [2.05, 4.69) is 4.98 Å². The fourth-order valence-corrected chi connectivity index (χ4v) is 5.64. The Hall–Kier alpha value is -2.74. The quantitative estimate of drug-likeness (QED) is 0.562. The number of amides is 1. The van der Waals surface area contributed by atoms with Crippen LogP contribution >= 0.6 is 11.6 Å². The number of primary amides is 1. The summed E-state index contributed by atoms with van der Waals surface area (Å²) in [5.41, 5.74) is 8.19. The Morgan fingerprint density at radius 3 is 2.27 bits per heavy atom. The number of hydrogen-bond acceptors (Lipinski definition) is 4. The van der Waals surface area contributed by atoms with Crippen molar-refractivity contribution in [3.05, 3.63) is 88.7 Å². The summed E-state index contributed by atoms with van der Waals surface area (Å²) in [6, 6.07) is 15.0. The highest BCUT2D eigenvalue weighted by molar-refractivity contribution is 7.91. The lowest BCUT2D eigenvalue weighted by Gasteiger charge is -2.36. The molecule has 156 valence electrons. The second kappa shape index (κ2) is 8.55. The van der Waals surface area contributed by atoms with E-state index in [-0.39, 0.29) is 11.4 Å². The maximum Gasteiger partial charge on any atom is 0.332 e. The third-order valence-corrected chi connectivity index (χ3v) is 7.71. The van der Waals surface area contributed by atoms with Crippen LogP contribution in [0, 0.1) is 13.8 Å². The molecule has 1 unspecified atom stereocenters. The number of aromatic nitrogens is 1. The maximum absolute atomic E-state index is 14.1. The minimum Gasteiger partial charge on any atom is -0.365 e. The number of nitrogens with zero attached hydrogens (tertiary/aromatic N) is 2. The number of carbonyl (C=O) groups is 1. The number of quaternary nitrogens is 1. The Bertz CT molecular complexity index is 1170. The SMILES string of the molecule is Cc1ccc(S(=O)(=O)[N+](CC(N)=O)(Cc2ccncc2)c2cccc(Cl)c2C)cc1. The summed E-state index contributed by atoms with van der Waals surface area (Å²) in [7, 11) is -4.11. The summed E-state index contributed by atoms with van der Waals surface area (Å²) in [5, 5.41) is 0.410. The summed E-state index contributed by atoms with van der Waals surface area (Å²) in [6.45, 7) is 3.16. The number of halogens is 1. The molecule has 8 heteroatoms. The molecule has 1 amide bonds. The lowest BCUT2D eigenvalue weighted by atomic mass is 10.1. The summed E-state index contributed by atoms with van der Waals surface area (Å²) in [5.74, 6) is -0.737. The first kappa shape index (κ1) is 22.0. The molecule has 2 aromatic carbocycles. The molecule has 30 heavy (non-hydrogen) atoms. The average Bonchev–Trinajstić information content (AvgIpc) is 2.70. The highest BCUT2D eigenvalue weighted by Gasteiger charge is 2.48.